The van der Waals surface area contributed by atoms with E-state index in [1.165, 1.54) is 55.6 Å². The van der Waals surface area contributed by atoms with E-state index in [0.29, 0.717) is 0 Å². The number of benzene rings is 8. The third kappa shape index (κ3) is 4.78. The molecule has 0 bridgehead atoms. The molecular formula is C56H45NO. The third-order valence-corrected chi connectivity index (χ3v) is 13.1. The highest BCUT2D eigenvalue weighted by Gasteiger charge is 2.54. The SMILES string of the molecule is CC(C)(C)c1cccc2c1-c1ccccc1C21c2ccccc2C(C)(C)c2ccc(N(c3ccc4c(c3)oc3ccccc34)c3ccccc3-c3ccccc3)cc21. The average Bonchev–Trinajstić information content (AvgIpc) is 3.77. The Balaban J connectivity index is 1.24. The van der Waals surface area contributed by atoms with E-state index in [0.717, 1.165) is 44.6 Å². The monoisotopic (exact) mass is 747 g/mol. The lowest BCUT2D eigenvalue weighted by Crippen LogP contribution is -2.41. The van der Waals surface area contributed by atoms with Crippen LogP contribution in [0.3, 0.4) is 0 Å². The fourth-order valence-electron chi connectivity index (χ4n) is 10.5. The zero-order chi connectivity index (χ0) is 39.4. The van der Waals surface area contributed by atoms with Gasteiger partial charge in [-0.15, -0.1) is 0 Å². The van der Waals surface area contributed by atoms with Gasteiger partial charge in [0.25, 0.3) is 0 Å². The molecule has 1 aromatic heterocycles. The van der Waals surface area contributed by atoms with E-state index in [4.69, 9.17) is 4.42 Å². The van der Waals surface area contributed by atoms with Gasteiger partial charge in [-0.25, -0.2) is 0 Å². The van der Waals surface area contributed by atoms with Crippen LogP contribution in [-0.4, -0.2) is 0 Å². The topological polar surface area (TPSA) is 16.4 Å². The molecule has 0 saturated carbocycles. The van der Waals surface area contributed by atoms with Crippen LogP contribution in [0.2, 0.25) is 0 Å². The van der Waals surface area contributed by atoms with Gasteiger partial charge in [0.15, 0.2) is 0 Å². The first-order chi connectivity index (χ1) is 28.2. The molecule has 0 aliphatic heterocycles. The van der Waals surface area contributed by atoms with E-state index in [1.807, 2.05) is 6.07 Å². The predicted octanol–water partition coefficient (Wildman–Crippen LogP) is 15.0. The number of furan rings is 1. The highest BCUT2D eigenvalue weighted by atomic mass is 16.3. The average molecular weight is 748 g/mol. The Morgan fingerprint density at radius 2 is 1.05 bits per heavy atom. The lowest BCUT2D eigenvalue weighted by molar-refractivity contribution is 0.561. The normalized spacial score (nSPS) is 16.2. The summed E-state index contributed by atoms with van der Waals surface area (Å²) in [6, 6.07) is 67.4. The third-order valence-electron chi connectivity index (χ3n) is 13.1. The zero-order valence-corrected chi connectivity index (χ0v) is 33.7. The van der Waals surface area contributed by atoms with Crippen LogP contribution in [-0.2, 0) is 16.2 Å². The molecule has 2 nitrogen and oxygen atoms in total. The van der Waals surface area contributed by atoms with Gasteiger partial charge in [0.1, 0.15) is 11.2 Å². The van der Waals surface area contributed by atoms with Gasteiger partial charge in [-0.1, -0.05) is 174 Å². The van der Waals surface area contributed by atoms with E-state index in [2.05, 4.69) is 215 Å². The Bertz CT molecular complexity index is 3090. The van der Waals surface area contributed by atoms with Crippen molar-refractivity contribution in [1.29, 1.82) is 0 Å². The van der Waals surface area contributed by atoms with Crippen molar-refractivity contribution in [2.75, 3.05) is 4.90 Å². The maximum atomic E-state index is 6.55. The Labute approximate surface area is 341 Å². The molecular weight excluding hydrogens is 703 g/mol. The summed E-state index contributed by atoms with van der Waals surface area (Å²) in [5.41, 5.74) is 18.8. The summed E-state index contributed by atoms with van der Waals surface area (Å²) >= 11 is 0. The Kier molecular flexibility index (Phi) is 7.41. The number of hydrogen-bond donors (Lipinski definition) is 0. The minimum Gasteiger partial charge on any atom is -0.456 e. The van der Waals surface area contributed by atoms with Gasteiger partial charge in [0, 0.05) is 39.2 Å². The van der Waals surface area contributed by atoms with Crippen LogP contribution in [0.4, 0.5) is 17.1 Å². The molecule has 0 amide bonds. The lowest BCUT2D eigenvalue weighted by Gasteiger charge is -2.47. The molecule has 2 heteroatoms. The highest BCUT2D eigenvalue weighted by molar-refractivity contribution is 6.06. The summed E-state index contributed by atoms with van der Waals surface area (Å²) in [6.07, 6.45) is 0. The largest absolute Gasteiger partial charge is 0.456 e. The molecule has 8 aromatic carbocycles. The molecule has 1 unspecified atom stereocenters. The van der Waals surface area contributed by atoms with Crippen molar-refractivity contribution in [2.24, 2.45) is 0 Å². The fraction of sp³-hybridized carbons (Fsp3) is 0.143. The quantitative estimate of drug-likeness (QED) is 0.178. The van der Waals surface area contributed by atoms with Gasteiger partial charge in [-0.05, 0) is 97.4 Å². The summed E-state index contributed by atoms with van der Waals surface area (Å²) in [4.78, 5) is 2.45. The van der Waals surface area contributed by atoms with Crippen LogP contribution in [0.15, 0.2) is 186 Å². The molecule has 0 saturated heterocycles. The van der Waals surface area contributed by atoms with E-state index >= 15 is 0 Å². The van der Waals surface area contributed by atoms with E-state index in [9.17, 15) is 0 Å². The standard InChI is InChI=1S/C56H45NO/c1-54(2,3)47-26-17-27-48-53(47)42-22-9-12-23-43(42)56(48)46-25-14-13-24-44(46)55(4,5)45-33-31-37(34-49(45)56)57(50-28-15-10-20-39(50)36-18-7-6-8-19-36)38-30-32-41-40-21-11-16-29-51(40)58-52(41)35-38/h6-35H,1-5H3. The smallest absolute Gasteiger partial charge is 0.137 e. The number of hydrogen-bond acceptors (Lipinski definition) is 2. The summed E-state index contributed by atoms with van der Waals surface area (Å²) in [5, 5.41) is 2.25. The first kappa shape index (κ1) is 34.6. The number of rotatable bonds is 4. The number of para-hydroxylation sites is 2. The van der Waals surface area contributed by atoms with Gasteiger partial charge in [-0.2, -0.15) is 0 Å². The van der Waals surface area contributed by atoms with Gasteiger partial charge >= 0.3 is 0 Å². The predicted molar refractivity (Wildman–Crippen MR) is 242 cm³/mol. The second kappa shape index (κ2) is 12.4. The first-order valence-corrected chi connectivity index (χ1v) is 20.5. The van der Waals surface area contributed by atoms with E-state index in [-0.39, 0.29) is 10.8 Å². The van der Waals surface area contributed by atoms with Gasteiger partial charge in [0.2, 0.25) is 0 Å². The first-order valence-electron chi connectivity index (χ1n) is 20.5. The van der Waals surface area contributed by atoms with Gasteiger partial charge in [-0.3, -0.25) is 0 Å². The molecule has 1 heterocycles. The maximum absolute atomic E-state index is 6.55. The van der Waals surface area contributed by atoms with Gasteiger partial charge < -0.3 is 9.32 Å². The van der Waals surface area contributed by atoms with E-state index < -0.39 is 5.41 Å². The minimum atomic E-state index is -0.530. The molecule has 58 heavy (non-hydrogen) atoms. The van der Waals surface area contributed by atoms with Crippen LogP contribution >= 0.6 is 0 Å². The molecule has 9 aromatic rings. The second-order valence-electron chi connectivity index (χ2n) is 17.7. The molecule has 1 spiro atoms. The Morgan fingerprint density at radius 3 is 1.86 bits per heavy atom. The van der Waals surface area contributed by atoms with E-state index in [1.54, 1.807) is 0 Å². The van der Waals surface area contributed by atoms with Gasteiger partial charge in [0.05, 0.1) is 11.1 Å². The molecule has 2 aliphatic carbocycles. The van der Waals surface area contributed by atoms with Crippen molar-refractivity contribution in [2.45, 2.75) is 50.9 Å². The molecule has 280 valence electrons. The van der Waals surface area contributed by atoms with Crippen LogP contribution in [0.5, 0.6) is 0 Å². The van der Waals surface area contributed by atoms with Crippen molar-refractivity contribution in [3.63, 3.8) is 0 Å². The molecule has 0 N–H and O–H groups in total. The Hall–Kier alpha value is -6.64. The van der Waals surface area contributed by atoms with Crippen LogP contribution < -0.4 is 4.90 Å². The molecule has 11 rings (SSSR count). The number of anilines is 3. The van der Waals surface area contributed by atoms with Crippen molar-refractivity contribution in [3.8, 4) is 22.3 Å². The fourth-order valence-corrected chi connectivity index (χ4v) is 10.5. The van der Waals surface area contributed by atoms with Crippen molar-refractivity contribution >= 4 is 39.0 Å². The van der Waals surface area contributed by atoms with Crippen molar-refractivity contribution < 1.29 is 4.42 Å². The summed E-state index contributed by atoms with van der Waals surface area (Å²) in [6.45, 7) is 11.9. The number of nitrogens with zero attached hydrogens (tertiary/aromatic N) is 1. The number of fused-ring (bicyclic) bond motifs is 12. The van der Waals surface area contributed by atoms with Crippen LogP contribution in [0.1, 0.15) is 73.6 Å². The summed E-state index contributed by atoms with van der Waals surface area (Å²) < 4.78 is 6.55. The summed E-state index contributed by atoms with van der Waals surface area (Å²) in [7, 11) is 0. The highest BCUT2D eigenvalue weighted by Crippen LogP contribution is 2.64. The minimum absolute atomic E-state index is 0.0463. The lowest BCUT2D eigenvalue weighted by atomic mass is 9.55. The molecule has 1 atom stereocenters. The molecule has 0 radical (unpaired) electrons. The van der Waals surface area contributed by atoms with Crippen molar-refractivity contribution in [1.82, 2.24) is 0 Å². The maximum Gasteiger partial charge on any atom is 0.137 e. The van der Waals surface area contributed by atoms with Crippen molar-refractivity contribution in [3.05, 3.63) is 221 Å². The van der Waals surface area contributed by atoms with Crippen LogP contribution in [0, 0.1) is 0 Å². The van der Waals surface area contributed by atoms with Crippen LogP contribution in [0.25, 0.3) is 44.2 Å². The second-order valence-corrected chi connectivity index (χ2v) is 17.7. The molecule has 2 aliphatic rings. The Morgan fingerprint density at radius 1 is 0.448 bits per heavy atom. The zero-order valence-electron chi connectivity index (χ0n) is 33.7. The molecule has 0 fully saturated rings. The summed E-state index contributed by atoms with van der Waals surface area (Å²) in [5.74, 6) is 0.